The summed E-state index contributed by atoms with van der Waals surface area (Å²) in [6, 6.07) is 5.95. The number of alkyl halides is 1. The van der Waals surface area contributed by atoms with Crippen molar-refractivity contribution in [2.24, 2.45) is 0 Å². The minimum absolute atomic E-state index is 0.0448. The van der Waals surface area contributed by atoms with Crippen molar-refractivity contribution >= 4 is 22.8 Å². The number of furan rings is 1. The Morgan fingerprint density at radius 1 is 1.45 bits per heavy atom. The largest absolute Gasteiger partial charge is 0.467 e. The fourth-order valence-electron chi connectivity index (χ4n) is 2.45. The third kappa shape index (κ3) is 2.20. The van der Waals surface area contributed by atoms with Gasteiger partial charge in [-0.1, -0.05) is 0 Å². The Hall–Kier alpha value is -1.81. The molecule has 0 aromatic carbocycles. The molecule has 3 aromatic rings. The molecule has 3 aromatic heterocycles. The summed E-state index contributed by atoms with van der Waals surface area (Å²) in [5.74, 6) is 2.37. The van der Waals surface area contributed by atoms with Gasteiger partial charge >= 0.3 is 0 Å². The van der Waals surface area contributed by atoms with Crippen LogP contribution in [-0.2, 0) is 6.42 Å². The molecule has 0 amide bonds. The monoisotopic (exact) mass is 289 g/mol. The Balaban J connectivity index is 2.18. The molecule has 0 saturated carbocycles. The summed E-state index contributed by atoms with van der Waals surface area (Å²) in [5.41, 5.74) is 2.88. The van der Waals surface area contributed by atoms with Crippen LogP contribution in [-0.4, -0.2) is 20.4 Å². The van der Waals surface area contributed by atoms with Gasteiger partial charge in [-0.3, -0.25) is 0 Å². The molecule has 0 saturated heterocycles. The van der Waals surface area contributed by atoms with Gasteiger partial charge in [0.05, 0.1) is 12.3 Å². The van der Waals surface area contributed by atoms with Crippen molar-refractivity contribution in [2.75, 3.05) is 5.88 Å². The van der Waals surface area contributed by atoms with E-state index in [2.05, 4.69) is 21.5 Å². The van der Waals surface area contributed by atoms with Gasteiger partial charge < -0.3 is 8.98 Å². The average Bonchev–Trinajstić information content (AvgIpc) is 3.05. The van der Waals surface area contributed by atoms with E-state index in [1.54, 1.807) is 6.26 Å². The topological polar surface area (TPSA) is 43.9 Å². The van der Waals surface area contributed by atoms with Crippen molar-refractivity contribution in [1.82, 2.24) is 14.5 Å². The SMILES string of the molecule is Cc1cnc2c(c1)nc(CCCl)n2C(C)c1ccco1. The van der Waals surface area contributed by atoms with E-state index in [1.165, 1.54) is 0 Å². The second-order valence-corrected chi connectivity index (χ2v) is 5.26. The average molecular weight is 290 g/mol. The summed E-state index contributed by atoms with van der Waals surface area (Å²) in [6.07, 6.45) is 4.26. The Kier molecular flexibility index (Phi) is 3.49. The van der Waals surface area contributed by atoms with E-state index in [9.17, 15) is 0 Å². The fourth-order valence-corrected chi connectivity index (χ4v) is 2.62. The van der Waals surface area contributed by atoms with E-state index >= 15 is 0 Å². The first-order valence-corrected chi connectivity index (χ1v) is 7.17. The molecule has 0 spiro atoms. The van der Waals surface area contributed by atoms with Crippen molar-refractivity contribution in [3.63, 3.8) is 0 Å². The molecule has 0 radical (unpaired) electrons. The highest BCUT2D eigenvalue weighted by molar-refractivity contribution is 6.17. The van der Waals surface area contributed by atoms with Gasteiger partial charge in [-0.05, 0) is 37.6 Å². The minimum atomic E-state index is 0.0448. The van der Waals surface area contributed by atoms with Gasteiger partial charge in [0.15, 0.2) is 5.65 Å². The number of aromatic nitrogens is 3. The molecule has 3 rings (SSSR count). The summed E-state index contributed by atoms with van der Waals surface area (Å²) in [7, 11) is 0. The lowest BCUT2D eigenvalue weighted by molar-refractivity contribution is 0.444. The van der Waals surface area contributed by atoms with Crippen molar-refractivity contribution in [1.29, 1.82) is 0 Å². The molecule has 0 fully saturated rings. The summed E-state index contributed by atoms with van der Waals surface area (Å²) in [5, 5.41) is 0. The van der Waals surface area contributed by atoms with Gasteiger partial charge in [-0.2, -0.15) is 0 Å². The second-order valence-electron chi connectivity index (χ2n) is 4.88. The smallest absolute Gasteiger partial charge is 0.160 e. The van der Waals surface area contributed by atoms with E-state index in [4.69, 9.17) is 16.0 Å². The van der Waals surface area contributed by atoms with Gasteiger partial charge in [0.2, 0.25) is 0 Å². The lowest BCUT2D eigenvalue weighted by Gasteiger charge is -2.14. The molecule has 1 unspecified atom stereocenters. The van der Waals surface area contributed by atoms with Crippen LogP contribution in [0.25, 0.3) is 11.2 Å². The Labute approximate surface area is 122 Å². The molecular formula is C15H16ClN3O. The van der Waals surface area contributed by atoms with Crippen LogP contribution in [0.1, 0.15) is 30.1 Å². The van der Waals surface area contributed by atoms with E-state index < -0.39 is 0 Å². The highest BCUT2D eigenvalue weighted by Crippen LogP contribution is 2.26. The first-order chi connectivity index (χ1) is 9.70. The molecule has 0 bridgehead atoms. The third-order valence-electron chi connectivity index (χ3n) is 3.40. The van der Waals surface area contributed by atoms with Gasteiger partial charge in [0, 0.05) is 18.5 Å². The number of hydrogen-bond donors (Lipinski definition) is 0. The van der Waals surface area contributed by atoms with Gasteiger partial charge in [-0.25, -0.2) is 9.97 Å². The van der Waals surface area contributed by atoms with Crippen LogP contribution in [0.3, 0.4) is 0 Å². The first-order valence-electron chi connectivity index (χ1n) is 6.63. The Morgan fingerprint density at radius 2 is 2.30 bits per heavy atom. The summed E-state index contributed by atoms with van der Waals surface area (Å²) in [6.45, 7) is 4.10. The fraction of sp³-hybridized carbons (Fsp3) is 0.333. The summed E-state index contributed by atoms with van der Waals surface area (Å²) in [4.78, 5) is 9.20. The summed E-state index contributed by atoms with van der Waals surface area (Å²) >= 11 is 5.90. The number of pyridine rings is 1. The minimum Gasteiger partial charge on any atom is -0.467 e. The normalized spacial score (nSPS) is 12.9. The highest BCUT2D eigenvalue weighted by Gasteiger charge is 2.19. The third-order valence-corrected chi connectivity index (χ3v) is 3.59. The van der Waals surface area contributed by atoms with Gasteiger partial charge in [0.1, 0.15) is 17.1 Å². The van der Waals surface area contributed by atoms with Crippen LogP contribution in [0, 0.1) is 6.92 Å². The van der Waals surface area contributed by atoms with E-state index in [1.807, 2.05) is 31.3 Å². The van der Waals surface area contributed by atoms with Gasteiger partial charge in [-0.15, -0.1) is 11.6 Å². The van der Waals surface area contributed by atoms with Crippen molar-refractivity contribution in [2.45, 2.75) is 26.3 Å². The number of rotatable bonds is 4. The number of imidazole rings is 1. The number of hydrogen-bond acceptors (Lipinski definition) is 3. The lowest BCUT2D eigenvalue weighted by Crippen LogP contribution is -2.11. The summed E-state index contributed by atoms with van der Waals surface area (Å²) < 4.78 is 7.62. The van der Waals surface area contributed by atoms with Crippen LogP contribution in [0.4, 0.5) is 0 Å². The molecule has 20 heavy (non-hydrogen) atoms. The predicted octanol–water partition coefficient (Wildman–Crippen LogP) is 3.72. The van der Waals surface area contributed by atoms with E-state index in [-0.39, 0.29) is 6.04 Å². The van der Waals surface area contributed by atoms with Crippen molar-refractivity contribution < 1.29 is 4.42 Å². The molecular weight excluding hydrogens is 274 g/mol. The molecule has 0 N–H and O–H groups in total. The quantitative estimate of drug-likeness (QED) is 0.688. The zero-order chi connectivity index (χ0) is 14.1. The first kappa shape index (κ1) is 13.2. The second kappa shape index (κ2) is 5.29. The maximum atomic E-state index is 5.90. The number of nitrogens with zero attached hydrogens (tertiary/aromatic N) is 3. The number of aryl methyl sites for hydroxylation is 2. The van der Waals surface area contributed by atoms with Gasteiger partial charge in [0.25, 0.3) is 0 Å². The van der Waals surface area contributed by atoms with Crippen molar-refractivity contribution in [3.05, 3.63) is 47.8 Å². The zero-order valence-corrected chi connectivity index (χ0v) is 12.3. The van der Waals surface area contributed by atoms with Crippen LogP contribution in [0.5, 0.6) is 0 Å². The molecule has 4 nitrogen and oxygen atoms in total. The number of fused-ring (bicyclic) bond motifs is 1. The van der Waals surface area contributed by atoms with Crippen LogP contribution >= 0.6 is 11.6 Å². The van der Waals surface area contributed by atoms with E-state index in [0.29, 0.717) is 12.3 Å². The molecule has 1 atom stereocenters. The lowest BCUT2D eigenvalue weighted by atomic mass is 10.2. The predicted molar refractivity (Wildman–Crippen MR) is 79.2 cm³/mol. The van der Waals surface area contributed by atoms with Crippen LogP contribution in [0.2, 0.25) is 0 Å². The Morgan fingerprint density at radius 3 is 3.00 bits per heavy atom. The standard InChI is InChI=1S/C15H16ClN3O/c1-10-8-12-15(17-9-10)19(14(18-12)5-6-16)11(2)13-4-3-7-20-13/h3-4,7-9,11H,5-6H2,1-2H3. The molecule has 0 aliphatic heterocycles. The highest BCUT2D eigenvalue weighted by atomic mass is 35.5. The molecule has 3 heterocycles. The molecule has 104 valence electrons. The Bertz CT molecular complexity index is 718. The molecule has 0 aliphatic carbocycles. The van der Waals surface area contributed by atoms with Crippen LogP contribution in [0.15, 0.2) is 35.1 Å². The zero-order valence-electron chi connectivity index (χ0n) is 11.5. The molecule has 0 aliphatic rings. The maximum absolute atomic E-state index is 5.90. The number of halogens is 1. The van der Waals surface area contributed by atoms with Crippen molar-refractivity contribution in [3.8, 4) is 0 Å². The van der Waals surface area contributed by atoms with Crippen LogP contribution < -0.4 is 0 Å². The van der Waals surface area contributed by atoms with E-state index in [0.717, 1.165) is 28.3 Å². The molecule has 5 heteroatoms. The maximum Gasteiger partial charge on any atom is 0.160 e.